The maximum atomic E-state index is 12.0. The minimum Gasteiger partial charge on any atom is -0.382 e. The summed E-state index contributed by atoms with van der Waals surface area (Å²) >= 11 is 1.34. The number of rotatable bonds is 5. The third-order valence-electron chi connectivity index (χ3n) is 3.28. The van der Waals surface area contributed by atoms with Crippen LogP contribution in [0.1, 0.15) is 49.2 Å². The van der Waals surface area contributed by atoms with Crippen molar-refractivity contribution >= 4 is 28.2 Å². The monoisotopic (exact) mass is 268 g/mol. The Kier molecular flexibility index (Phi) is 4.06. The largest absolute Gasteiger partial charge is 0.382 e. The standard InChI is InChI=1S/C12H20N4OS/c1-3-7(2)14-11(17)9-10(13)16-12(18-9)15-8-5-4-6-8/h7-8H,3-6,13H2,1-2H3,(H,14,17)(H,15,16). The van der Waals surface area contributed by atoms with Gasteiger partial charge < -0.3 is 16.4 Å². The number of carbonyl (C=O) groups excluding carboxylic acids is 1. The van der Waals surface area contributed by atoms with Gasteiger partial charge in [-0.1, -0.05) is 18.3 Å². The fraction of sp³-hybridized carbons (Fsp3) is 0.667. The number of nitrogens with zero attached hydrogens (tertiary/aromatic N) is 1. The van der Waals surface area contributed by atoms with Gasteiger partial charge in [-0.05, 0) is 32.6 Å². The van der Waals surface area contributed by atoms with Crippen LogP contribution in [0.25, 0.3) is 0 Å². The molecular formula is C12H20N4OS. The molecule has 1 aliphatic carbocycles. The first-order valence-electron chi connectivity index (χ1n) is 6.43. The minimum atomic E-state index is -0.124. The molecule has 1 unspecified atom stereocenters. The molecule has 18 heavy (non-hydrogen) atoms. The molecule has 0 bridgehead atoms. The van der Waals surface area contributed by atoms with E-state index in [-0.39, 0.29) is 11.9 Å². The number of nitrogens with two attached hydrogens (primary N) is 1. The van der Waals surface area contributed by atoms with E-state index < -0.39 is 0 Å². The fourth-order valence-corrected chi connectivity index (χ4v) is 2.54. The third kappa shape index (κ3) is 2.93. The maximum Gasteiger partial charge on any atom is 0.265 e. The van der Waals surface area contributed by atoms with E-state index in [2.05, 4.69) is 15.6 Å². The Bertz CT molecular complexity index is 428. The Labute approximate surface area is 111 Å². The summed E-state index contributed by atoms with van der Waals surface area (Å²) < 4.78 is 0. The Balaban J connectivity index is 2.01. The zero-order valence-electron chi connectivity index (χ0n) is 10.8. The molecule has 1 atom stereocenters. The van der Waals surface area contributed by atoms with Gasteiger partial charge >= 0.3 is 0 Å². The van der Waals surface area contributed by atoms with Crippen LogP contribution in [0.2, 0.25) is 0 Å². The minimum absolute atomic E-state index is 0.124. The van der Waals surface area contributed by atoms with E-state index in [0.29, 0.717) is 16.7 Å². The van der Waals surface area contributed by atoms with Crippen molar-refractivity contribution in [3.8, 4) is 0 Å². The van der Waals surface area contributed by atoms with Gasteiger partial charge in [-0.2, -0.15) is 0 Å². The average molecular weight is 268 g/mol. The molecule has 1 aromatic heterocycles. The number of nitrogens with one attached hydrogen (secondary N) is 2. The van der Waals surface area contributed by atoms with Gasteiger partial charge in [0.2, 0.25) is 0 Å². The lowest BCUT2D eigenvalue weighted by Crippen LogP contribution is -2.31. The zero-order chi connectivity index (χ0) is 13.1. The van der Waals surface area contributed by atoms with Crippen molar-refractivity contribution in [1.82, 2.24) is 10.3 Å². The first-order valence-corrected chi connectivity index (χ1v) is 7.25. The van der Waals surface area contributed by atoms with Crippen LogP contribution in [0.5, 0.6) is 0 Å². The van der Waals surface area contributed by atoms with Crippen LogP contribution in [0.4, 0.5) is 10.9 Å². The SMILES string of the molecule is CCC(C)NC(=O)c1sc(NC2CCC2)nc1N. The lowest BCUT2D eigenvalue weighted by Gasteiger charge is -2.25. The van der Waals surface area contributed by atoms with Gasteiger partial charge in [0.25, 0.3) is 5.91 Å². The van der Waals surface area contributed by atoms with Crippen molar-refractivity contribution in [1.29, 1.82) is 0 Å². The van der Waals surface area contributed by atoms with Gasteiger partial charge in [-0.25, -0.2) is 4.98 Å². The molecule has 0 aliphatic heterocycles. The number of amides is 1. The summed E-state index contributed by atoms with van der Waals surface area (Å²) in [5, 5.41) is 6.97. The normalized spacial score (nSPS) is 17.0. The lowest BCUT2D eigenvalue weighted by atomic mass is 9.93. The number of hydrogen-bond donors (Lipinski definition) is 3. The third-order valence-corrected chi connectivity index (χ3v) is 4.28. The topological polar surface area (TPSA) is 80.0 Å². The molecule has 100 valence electrons. The van der Waals surface area contributed by atoms with Crippen molar-refractivity contribution in [3.63, 3.8) is 0 Å². The van der Waals surface area contributed by atoms with Crippen LogP contribution in [0.3, 0.4) is 0 Å². The van der Waals surface area contributed by atoms with Crippen LogP contribution >= 0.6 is 11.3 Å². The van der Waals surface area contributed by atoms with Crippen LogP contribution in [0, 0.1) is 0 Å². The summed E-state index contributed by atoms with van der Waals surface area (Å²) in [5.41, 5.74) is 5.79. The number of carbonyl (C=O) groups is 1. The predicted octanol–water partition coefficient (Wildman–Crippen LogP) is 2.22. The summed E-state index contributed by atoms with van der Waals surface area (Å²) in [4.78, 5) is 16.7. The molecular weight excluding hydrogens is 248 g/mol. The van der Waals surface area contributed by atoms with Crippen LogP contribution < -0.4 is 16.4 Å². The zero-order valence-corrected chi connectivity index (χ0v) is 11.6. The molecule has 6 heteroatoms. The van der Waals surface area contributed by atoms with E-state index in [1.165, 1.54) is 30.6 Å². The highest BCUT2D eigenvalue weighted by atomic mass is 32.1. The number of anilines is 2. The molecule has 5 nitrogen and oxygen atoms in total. The molecule has 1 aromatic rings. The summed E-state index contributed by atoms with van der Waals surface area (Å²) in [6.45, 7) is 4.01. The van der Waals surface area contributed by atoms with Crippen molar-refractivity contribution in [2.75, 3.05) is 11.1 Å². The predicted molar refractivity (Wildman–Crippen MR) is 75.0 cm³/mol. The number of nitrogen functional groups attached to an aromatic ring is 1. The molecule has 1 saturated carbocycles. The van der Waals surface area contributed by atoms with Crippen LogP contribution in [0.15, 0.2) is 0 Å². The lowest BCUT2D eigenvalue weighted by molar-refractivity contribution is 0.0944. The summed E-state index contributed by atoms with van der Waals surface area (Å²) in [5.74, 6) is 0.198. The van der Waals surface area contributed by atoms with Gasteiger partial charge in [-0.15, -0.1) is 0 Å². The van der Waals surface area contributed by atoms with Crippen LogP contribution in [-0.2, 0) is 0 Å². The second-order valence-corrected chi connectivity index (χ2v) is 5.79. The van der Waals surface area contributed by atoms with Crippen LogP contribution in [-0.4, -0.2) is 23.0 Å². The molecule has 2 rings (SSSR count). The molecule has 1 heterocycles. The highest BCUT2D eigenvalue weighted by molar-refractivity contribution is 7.18. The van der Waals surface area contributed by atoms with Crippen molar-refractivity contribution in [2.24, 2.45) is 0 Å². The molecule has 0 spiro atoms. The van der Waals surface area contributed by atoms with Crippen molar-refractivity contribution < 1.29 is 4.79 Å². The van der Waals surface area contributed by atoms with Gasteiger partial charge in [0.1, 0.15) is 10.7 Å². The molecule has 0 radical (unpaired) electrons. The number of hydrogen-bond acceptors (Lipinski definition) is 5. The van der Waals surface area contributed by atoms with Gasteiger partial charge in [0.15, 0.2) is 5.13 Å². The van der Waals surface area contributed by atoms with Gasteiger partial charge in [-0.3, -0.25) is 4.79 Å². The van der Waals surface area contributed by atoms with E-state index in [4.69, 9.17) is 5.73 Å². The Hall–Kier alpha value is -1.30. The summed E-state index contributed by atoms with van der Waals surface area (Å²) in [6, 6.07) is 0.656. The highest BCUT2D eigenvalue weighted by Gasteiger charge is 2.21. The second-order valence-electron chi connectivity index (χ2n) is 4.79. The Morgan fingerprint density at radius 1 is 1.61 bits per heavy atom. The van der Waals surface area contributed by atoms with Gasteiger partial charge in [0, 0.05) is 12.1 Å². The molecule has 1 amide bonds. The van der Waals surface area contributed by atoms with E-state index in [1.807, 2.05) is 13.8 Å². The van der Waals surface area contributed by atoms with Gasteiger partial charge in [0.05, 0.1) is 0 Å². The first kappa shape index (κ1) is 13.1. The average Bonchev–Trinajstić information content (AvgIpc) is 2.65. The maximum absolute atomic E-state index is 12.0. The Morgan fingerprint density at radius 3 is 2.89 bits per heavy atom. The molecule has 0 saturated heterocycles. The number of aromatic nitrogens is 1. The second kappa shape index (κ2) is 5.56. The summed E-state index contributed by atoms with van der Waals surface area (Å²) in [6.07, 6.45) is 4.51. The molecule has 1 aliphatic rings. The van der Waals surface area contributed by atoms with E-state index in [0.717, 1.165) is 11.6 Å². The first-order chi connectivity index (χ1) is 8.60. The Morgan fingerprint density at radius 2 is 2.33 bits per heavy atom. The highest BCUT2D eigenvalue weighted by Crippen LogP contribution is 2.29. The van der Waals surface area contributed by atoms with E-state index >= 15 is 0 Å². The fourth-order valence-electron chi connectivity index (χ4n) is 1.67. The van der Waals surface area contributed by atoms with E-state index in [1.54, 1.807) is 0 Å². The summed E-state index contributed by atoms with van der Waals surface area (Å²) in [7, 11) is 0. The number of thiazole rings is 1. The molecule has 4 N–H and O–H groups in total. The van der Waals surface area contributed by atoms with Crippen molar-refractivity contribution in [3.05, 3.63) is 4.88 Å². The smallest absolute Gasteiger partial charge is 0.265 e. The van der Waals surface area contributed by atoms with E-state index in [9.17, 15) is 4.79 Å². The van der Waals surface area contributed by atoms with Crippen molar-refractivity contribution in [2.45, 2.75) is 51.6 Å². The molecule has 1 fully saturated rings. The molecule has 0 aromatic carbocycles. The quantitative estimate of drug-likeness (QED) is 0.765.